The van der Waals surface area contributed by atoms with E-state index in [1.54, 1.807) is 6.20 Å². The van der Waals surface area contributed by atoms with Crippen molar-refractivity contribution < 1.29 is 4.42 Å². The van der Waals surface area contributed by atoms with Crippen LogP contribution in [0.15, 0.2) is 235 Å². The fourth-order valence-electron chi connectivity index (χ4n) is 9.21. The maximum atomic E-state index is 6.04. The lowest BCUT2D eigenvalue weighted by molar-refractivity contribution is 0.667. The van der Waals surface area contributed by atoms with Crippen LogP contribution in [0.25, 0.3) is 116 Å². The molecule has 0 unspecified atom stereocenters. The van der Waals surface area contributed by atoms with Crippen molar-refractivity contribution in [3.63, 3.8) is 0 Å². The Bertz CT molecular complexity index is 3650. The van der Waals surface area contributed by atoms with Crippen molar-refractivity contribution in [2.24, 2.45) is 0 Å². The average Bonchev–Trinajstić information content (AvgIpc) is 3.90. The number of nitrogens with zero attached hydrogens (tertiary/aromatic N) is 2. The molecular formula is C59H38N2O. The molecule has 3 aromatic heterocycles. The zero-order valence-corrected chi connectivity index (χ0v) is 33.7. The molecule has 0 radical (unpaired) electrons. The molecule has 3 heterocycles. The second-order valence-corrected chi connectivity index (χ2v) is 16.0. The van der Waals surface area contributed by atoms with Crippen molar-refractivity contribution in [1.29, 1.82) is 0 Å². The molecule has 0 aliphatic carbocycles. The fraction of sp³-hybridized carbons (Fsp3) is 0. The largest absolute Gasteiger partial charge is 0.454 e. The minimum absolute atomic E-state index is 0.807. The summed E-state index contributed by atoms with van der Waals surface area (Å²) in [6.45, 7) is 0. The van der Waals surface area contributed by atoms with Gasteiger partial charge in [0.1, 0.15) is 5.58 Å². The lowest BCUT2D eigenvalue weighted by Gasteiger charge is -2.11. The van der Waals surface area contributed by atoms with Gasteiger partial charge in [-0.3, -0.25) is 4.98 Å². The summed E-state index contributed by atoms with van der Waals surface area (Å²) >= 11 is 0. The van der Waals surface area contributed by atoms with Gasteiger partial charge in [0.2, 0.25) is 0 Å². The number of fused-ring (bicyclic) bond motifs is 6. The summed E-state index contributed by atoms with van der Waals surface area (Å²) in [6.07, 6.45) is 3.60. The van der Waals surface area contributed by atoms with Crippen LogP contribution < -0.4 is 0 Å². The van der Waals surface area contributed by atoms with Crippen LogP contribution >= 0.6 is 0 Å². The molecule has 12 aromatic rings. The molecule has 0 saturated heterocycles. The van der Waals surface area contributed by atoms with Crippen LogP contribution in [0.4, 0.5) is 0 Å². The molecule has 0 aliphatic rings. The smallest absolute Gasteiger partial charge is 0.153 e. The second kappa shape index (κ2) is 14.8. The Morgan fingerprint density at radius 3 is 1.26 bits per heavy atom. The van der Waals surface area contributed by atoms with Crippen molar-refractivity contribution in [1.82, 2.24) is 9.55 Å². The highest BCUT2D eigenvalue weighted by atomic mass is 16.3. The van der Waals surface area contributed by atoms with Crippen LogP contribution in [0, 0.1) is 0 Å². The van der Waals surface area contributed by atoms with Gasteiger partial charge in [-0.25, -0.2) is 0 Å². The minimum atomic E-state index is 0.807. The minimum Gasteiger partial charge on any atom is -0.454 e. The molecular weight excluding hydrogens is 753 g/mol. The van der Waals surface area contributed by atoms with Gasteiger partial charge in [0.15, 0.2) is 5.58 Å². The summed E-state index contributed by atoms with van der Waals surface area (Å²) in [5.74, 6) is 0. The molecule has 3 nitrogen and oxygen atoms in total. The van der Waals surface area contributed by atoms with Gasteiger partial charge in [-0.2, -0.15) is 0 Å². The van der Waals surface area contributed by atoms with E-state index in [4.69, 9.17) is 4.42 Å². The predicted molar refractivity (Wildman–Crippen MR) is 258 cm³/mol. The molecule has 0 amide bonds. The molecule has 0 fully saturated rings. The van der Waals surface area contributed by atoms with Gasteiger partial charge in [0, 0.05) is 33.4 Å². The summed E-state index contributed by atoms with van der Waals surface area (Å²) in [4.78, 5) is 4.23. The third-order valence-corrected chi connectivity index (χ3v) is 12.3. The molecule has 0 atom stereocenters. The third-order valence-electron chi connectivity index (χ3n) is 12.3. The number of pyridine rings is 1. The Morgan fingerprint density at radius 1 is 0.290 bits per heavy atom. The molecule has 0 N–H and O–H groups in total. The standard InChI is InChI=1S/C59H38N2O/c1-2-21-51(22-3-1)61-56-24-5-4-23-52(56)54-36-49(25-27-57(54)61)47-19-9-17-45(34-47)43-15-7-13-41(32-43)39-11-6-12-40(31-39)42-14-8-16-44(33-42)46-18-10-20-48(35-46)50-26-28-58-55(37-50)53-29-30-60-38-59(53)62-58/h1-38H. The highest BCUT2D eigenvalue weighted by Gasteiger charge is 2.14. The Balaban J connectivity index is 0.839. The second-order valence-electron chi connectivity index (χ2n) is 16.0. The number of para-hydroxylation sites is 2. The van der Waals surface area contributed by atoms with Gasteiger partial charge in [0.25, 0.3) is 0 Å². The maximum Gasteiger partial charge on any atom is 0.153 e. The maximum absolute atomic E-state index is 6.04. The summed E-state index contributed by atoms with van der Waals surface area (Å²) in [7, 11) is 0. The molecule has 0 aliphatic heterocycles. The number of hydrogen-bond acceptors (Lipinski definition) is 2. The molecule has 9 aromatic carbocycles. The molecule has 3 heteroatoms. The van der Waals surface area contributed by atoms with Crippen LogP contribution in [0.3, 0.4) is 0 Å². The first-order valence-electron chi connectivity index (χ1n) is 21.1. The third kappa shape index (κ3) is 6.27. The van der Waals surface area contributed by atoms with Gasteiger partial charge in [-0.15, -0.1) is 0 Å². The summed E-state index contributed by atoms with van der Waals surface area (Å²) < 4.78 is 8.41. The Hall–Kier alpha value is -8.27. The van der Waals surface area contributed by atoms with Crippen LogP contribution in [0.2, 0.25) is 0 Å². The molecule has 12 rings (SSSR count). The first-order valence-corrected chi connectivity index (χ1v) is 21.1. The van der Waals surface area contributed by atoms with Crippen molar-refractivity contribution in [2.45, 2.75) is 0 Å². The average molecular weight is 791 g/mol. The van der Waals surface area contributed by atoms with Crippen molar-refractivity contribution >= 4 is 43.7 Å². The van der Waals surface area contributed by atoms with Crippen molar-refractivity contribution in [3.8, 4) is 72.4 Å². The number of rotatable bonds is 7. The first kappa shape index (κ1) is 35.7. The molecule has 0 saturated carbocycles. The first-order chi connectivity index (χ1) is 30.7. The van der Waals surface area contributed by atoms with E-state index in [-0.39, 0.29) is 0 Å². The van der Waals surface area contributed by atoms with Crippen LogP contribution in [0.1, 0.15) is 0 Å². The zero-order chi connectivity index (χ0) is 41.0. The molecule has 62 heavy (non-hydrogen) atoms. The summed E-state index contributed by atoms with van der Waals surface area (Å²) in [5, 5.41) is 4.69. The fourth-order valence-corrected chi connectivity index (χ4v) is 9.21. The zero-order valence-electron chi connectivity index (χ0n) is 33.7. The van der Waals surface area contributed by atoms with Gasteiger partial charge >= 0.3 is 0 Å². The Kier molecular flexibility index (Phi) is 8.50. The highest BCUT2D eigenvalue weighted by Crippen LogP contribution is 2.38. The van der Waals surface area contributed by atoms with E-state index in [2.05, 4.69) is 222 Å². The van der Waals surface area contributed by atoms with E-state index in [1.165, 1.54) is 88.7 Å². The van der Waals surface area contributed by atoms with Gasteiger partial charge in [-0.05, 0) is 146 Å². The van der Waals surface area contributed by atoms with Gasteiger partial charge in [-0.1, -0.05) is 140 Å². The topological polar surface area (TPSA) is 31.0 Å². The highest BCUT2D eigenvalue weighted by molar-refractivity contribution is 6.10. The van der Waals surface area contributed by atoms with Crippen LogP contribution in [0.5, 0.6) is 0 Å². The van der Waals surface area contributed by atoms with E-state index in [0.29, 0.717) is 0 Å². The Morgan fingerprint density at radius 2 is 0.726 bits per heavy atom. The summed E-state index contributed by atoms with van der Waals surface area (Å²) in [6, 6.07) is 79.1. The van der Waals surface area contributed by atoms with E-state index in [1.807, 2.05) is 12.3 Å². The van der Waals surface area contributed by atoms with E-state index >= 15 is 0 Å². The van der Waals surface area contributed by atoms with Crippen LogP contribution in [-0.4, -0.2) is 9.55 Å². The van der Waals surface area contributed by atoms with E-state index < -0.39 is 0 Å². The number of benzene rings is 9. The van der Waals surface area contributed by atoms with Crippen LogP contribution in [-0.2, 0) is 0 Å². The van der Waals surface area contributed by atoms with Gasteiger partial charge in [0.05, 0.1) is 17.2 Å². The summed E-state index contributed by atoms with van der Waals surface area (Å²) in [5.41, 5.74) is 19.5. The van der Waals surface area contributed by atoms with E-state index in [0.717, 1.165) is 27.5 Å². The quantitative estimate of drug-likeness (QED) is 0.161. The Labute approximate surface area is 359 Å². The molecule has 0 bridgehead atoms. The molecule has 0 spiro atoms. The lowest BCUT2D eigenvalue weighted by atomic mass is 9.93. The monoisotopic (exact) mass is 790 g/mol. The number of aromatic nitrogens is 2. The van der Waals surface area contributed by atoms with Gasteiger partial charge < -0.3 is 8.98 Å². The van der Waals surface area contributed by atoms with Crippen molar-refractivity contribution in [2.75, 3.05) is 0 Å². The number of furan rings is 1. The normalized spacial score (nSPS) is 11.5. The predicted octanol–water partition coefficient (Wildman–Crippen LogP) is 16.1. The van der Waals surface area contributed by atoms with E-state index in [9.17, 15) is 0 Å². The van der Waals surface area contributed by atoms with Crippen molar-refractivity contribution in [3.05, 3.63) is 231 Å². The SMILES string of the molecule is c1ccc(-n2c3ccccc3c3cc(-c4cccc(-c5cccc(-c6cccc(-c7cccc(-c8cccc(-c9ccc%10oc%11cnccc%11c%10c9)c8)c7)c6)c5)c4)ccc32)cc1. The lowest BCUT2D eigenvalue weighted by Crippen LogP contribution is -1.92. The molecule has 290 valence electrons. The number of hydrogen-bond donors (Lipinski definition) is 0.